The molecule has 0 aromatic carbocycles. The topological polar surface area (TPSA) is 52.6 Å². The number of amides is 2. The number of nitrogens with zero attached hydrogens (tertiary/aromatic N) is 2. The van der Waals surface area contributed by atoms with Crippen molar-refractivity contribution in [2.45, 2.75) is 32.2 Å². The van der Waals surface area contributed by atoms with Gasteiger partial charge < -0.3 is 15.1 Å². The van der Waals surface area contributed by atoms with Crippen molar-refractivity contribution in [2.24, 2.45) is 0 Å². The predicted octanol–water partition coefficient (Wildman–Crippen LogP) is -0.181. The maximum atomic E-state index is 11.9. The van der Waals surface area contributed by atoms with Crippen molar-refractivity contribution < 1.29 is 9.59 Å². The number of hydrogen-bond acceptors (Lipinski definition) is 3. The first-order valence-electron chi connectivity index (χ1n) is 6.49. The summed E-state index contributed by atoms with van der Waals surface area (Å²) >= 11 is 0. The van der Waals surface area contributed by atoms with Gasteiger partial charge >= 0.3 is 0 Å². The first-order valence-corrected chi connectivity index (χ1v) is 6.49. The van der Waals surface area contributed by atoms with Crippen LogP contribution >= 0.6 is 0 Å². The Kier molecular flexibility index (Phi) is 3.99. The highest BCUT2D eigenvalue weighted by molar-refractivity contribution is 5.87. The predicted molar refractivity (Wildman–Crippen MR) is 64.5 cm³/mol. The third-order valence-corrected chi connectivity index (χ3v) is 3.71. The van der Waals surface area contributed by atoms with E-state index in [0.717, 1.165) is 32.5 Å². The van der Waals surface area contributed by atoms with Crippen LogP contribution in [0.25, 0.3) is 0 Å². The molecule has 2 aliphatic rings. The Bertz CT molecular complexity index is 306. The molecule has 2 fully saturated rings. The Morgan fingerprint density at radius 3 is 2.94 bits per heavy atom. The summed E-state index contributed by atoms with van der Waals surface area (Å²) in [5, 5.41) is 2.64. The molecule has 2 saturated heterocycles. The van der Waals surface area contributed by atoms with Gasteiger partial charge in [0.2, 0.25) is 11.8 Å². The Labute approximate surface area is 102 Å². The largest absolute Gasteiger partial charge is 0.347 e. The van der Waals surface area contributed by atoms with Crippen molar-refractivity contribution in [3.8, 4) is 0 Å². The van der Waals surface area contributed by atoms with Gasteiger partial charge in [-0.05, 0) is 25.9 Å². The standard InChI is InChI=1S/C12H21N3O2/c1-2-14-6-3-4-10(9-14)15-7-5-11(16)13-8-12(15)17/h10H,2-9H2,1H3,(H,13,16). The molecule has 2 heterocycles. The maximum Gasteiger partial charge on any atom is 0.242 e. The van der Waals surface area contributed by atoms with Crippen molar-refractivity contribution >= 4 is 11.8 Å². The van der Waals surface area contributed by atoms with Crippen LogP contribution in [0.15, 0.2) is 0 Å². The summed E-state index contributed by atoms with van der Waals surface area (Å²) < 4.78 is 0. The van der Waals surface area contributed by atoms with E-state index in [1.165, 1.54) is 0 Å². The average molecular weight is 239 g/mol. The molecule has 96 valence electrons. The SMILES string of the molecule is CCN1CCCC(N2CCC(=O)NCC2=O)C1. The Morgan fingerprint density at radius 2 is 2.18 bits per heavy atom. The minimum absolute atomic E-state index is 0.0102. The van der Waals surface area contributed by atoms with E-state index in [4.69, 9.17) is 0 Å². The lowest BCUT2D eigenvalue weighted by molar-refractivity contribution is -0.133. The van der Waals surface area contributed by atoms with Crippen LogP contribution < -0.4 is 5.32 Å². The number of hydrogen-bond donors (Lipinski definition) is 1. The first-order chi connectivity index (χ1) is 8.20. The smallest absolute Gasteiger partial charge is 0.242 e. The molecule has 1 atom stereocenters. The van der Waals surface area contributed by atoms with Crippen LogP contribution in [-0.2, 0) is 9.59 Å². The van der Waals surface area contributed by atoms with Crippen molar-refractivity contribution in [3.63, 3.8) is 0 Å². The normalized spacial score (nSPS) is 27.8. The van der Waals surface area contributed by atoms with E-state index in [-0.39, 0.29) is 18.4 Å². The molecule has 0 radical (unpaired) electrons. The van der Waals surface area contributed by atoms with Crippen LogP contribution in [-0.4, -0.2) is 60.4 Å². The fourth-order valence-electron chi connectivity index (χ4n) is 2.67. The summed E-state index contributed by atoms with van der Waals surface area (Å²) in [5.41, 5.74) is 0. The van der Waals surface area contributed by atoms with E-state index in [2.05, 4.69) is 17.1 Å². The molecule has 5 heteroatoms. The van der Waals surface area contributed by atoms with Gasteiger partial charge in [0, 0.05) is 25.6 Å². The zero-order valence-electron chi connectivity index (χ0n) is 10.4. The number of rotatable bonds is 2. The first kappa shape index (κ1) is 12.4. The molecule has 2 amide bonds. The van der Waals surface area contributed by atoms with E-state index < -0.39 is 0 Å². The Morgan fingerprint density at radius 1 is 1.35 bits per heavy atom. The van der Waals surface area contributed by atoms with Crippen LogP contribution in [0.2, 0.25) is 0 Å². The number of likely N-dealkylation sites (tertiary alicyclic amines) is 1. The van der Waals surface area contributed by atoms with Gasteiger partial charge in [0.05, 0.1) is 6.54 Å². The second kappa shape index (κ2) is 5.49. The molecule has 1 N–H and O–H groups in total. The van der Waals surface area contributed by atoms with Crippen LogP contribution in [0.5, 0.6) is 0 Å². The van der Waals surface area contributed by atoms with Crippen molar-refractivity contribution in [3.05, 3.63) is 0 Å². The van der Waals surface area contributed by atoms with E-state index >= 15 is 0 Å². The highest BCUT2D eigenvalue weighted by Crippen LogP contribution is 2.17. The lowest BCUT2D eigenvalue weighted by atomic mass is 10.0. The number of nitrogens with one attached hydrogen (secondary N) is 1. The number of carbonyl (C=O) groups excluding carboxylic acids is 2. The number of carbonyl (C=O) groups is 2. The molecule has 17 heavy (non-hydrogen) atoms. The quantitative estimate of drug-likeness (QED) is 0.727. The summed E-state index contributed by atoms with van der Waals surface area (Å²) in [5.74, 6) is 0.0582. The summed E-state index contributed by atoms with van der Waals surface area (Å²) in [7, 11) is 0. The fourth-order valence-corrected chi connectivity index (χ4v) is 2.67. The molecule has 0 aromatic rings. The molecule has 0 bridgehead atoms. The molecule has 5 nitrogen and oxygen atoms in total. The minimum Gasteiger partial charge on any atom is -0.347 e. The van der Waals surface area contributed by atoms with Gasteiger partial charge in [-0.1, -0.05) is 6.92 Å². The lowest BCUT2D eigenvalue weighted by Gasteiger charge is -2.38. The zero-order valence-corrected chi connectivity index (χ0v) is 10.4. The third kappa shape index (κ3) is 2.97. The van der Waals surface area contributed by atoms with Gasteiger partial charge in [-0.3, -0.25) is 9.59 Å². The van der Waals surface area contributed by atoms with Crippen LogP contribution in [0.1, 0.15) is 26.2 Å². The van der Waals surface area contributed by atoms with Crippen LogP contribution in [0.4, 0.5) is 0 Å². The molecule has 0 saturated carbocycles. The van der Waals surface area contributed by atoms with E-state index in [0.29, 0.717) is 19.0 Å². The van der Waals surface area contributed by atoms with Gasteiger partial charge in [-0.15, -0.1) is 0 Å². The third-order valence-electron chi connectivity index (χ3n) is 3.71. The molecule has 0 aliphatic carbocycles. The highest BCUT2D eigenvalue weighted by Gasteiger charge is 2.29. The van der Waals surface area contributed by atoms with Crippen molar-refractivity contribution in [1.29, 1.82) is 0 Å². The Balaban J connectivity index is 1.99. The second-order valence-electron chi connectivity index (χ2n) is 4.80. The molecular weight excluding hydrogens is 218 g/mol. The molecule has 0 aromatic heterocycles. The highest BCUT2D eigenvalue weighted by atomic mass is 16.2. The van der Waals surface area contributed by atoms with E-state index in [1.54, 1.807) is 0 Å². The van der Waals surface area contributed by atoms with E-state index in [1.807, 2.05) is 4.90 Å². The zero-order chi connectivity index (χ0) is 12.3. The van der Waals surface area contributed by atoms with Crippen molar-refractivity contribution in [2.75, 3.05) is 32.7 Å². The molecule has 0 spiro atoms. The Hall–Kier alpha value is -1.10. The van der Waals surface area contributed by atoms with Gasteiger partial charge in [0.15, 0.2) is 0 Å². The summed E-state index contributed by atoms with van der Waals surface area (Å²) in [6, 6.07) is 0.295. The van der Waals surface area contributed by atoms with Crippen molar-refractivity contribution in [1.82, 2.24) is 15.1 Å². The fraction of sp³-hybridized carbons (Fsp3) is 0.833. The molecule has 1 unspecified atom stereocenters. The monoisotopic (exact) mass is 239 g/mol. The minimum atomic E-state index is -0.0102. The average Bonchev–Trinajstić information content (AvgIpc) is 2.52. The number of piperidine rings is 1. The number of likely N-dealkylation sites (N-methyl/N-ethyl adjacent to an activating group) is 1. The lowest BCUT2D eigenvalue weighted by Crippen LogP contribution is -2.51. The van der Waals surface area contributed by atoms with Crippen LogP contribution in [0.3, 0.4) is 0 Å². The van der Waals surface area contributed by atoms with Crippen LogP contribution in [0, 0.1) is 0 Å². The second-order valence-corrected chi connectivity index (χ2v) is 4.80. The van der Waals surface area contributed by atoms with Gasteiger partial charge in [-0.25, -0.2) is 0 Å². The molecule has 2 rings (SSSR count). The maximum absolute atomic E-state index is 11.9. The summed E-state index contributed by atoms with van der Waals surface area (Å²) in [6.07, 6.45) is 2.65. The van der Waals surface area contributed by atoms with Gasteiger partial charge in [-0.2, -0.15) is 0 Å². The van der Waals surface area contributed by atoms with Gasteiger partial charge in [0.25, 0.3) is 0 Å². The summed E-state index contributed by atoms with van der Waals surface area (Å²) in [4.78, 5) is 27.5. The molecular formula is C12H21N3O2. The molecule has 2 aliphatic heterocycles. The van der Waals surface area contributed by atoms with Gasteiger partial charge in [0.1, 0.15) is 0 Å². The summed E-state index contributed by atoms with van der Waals surface area (Å²) in [6.45, 7) is 6.02. The van der Waals surface area contributed by atoms with E-state index in [9.17, 15) is 9.59 Å².